The van der Waals surface area contributed by atoms with Crippen molar-refractivity contribution in [3.63, 3.8) is 0 Å². The van der Waals surface area contributed by atoms with Crippen LogP contribution in [0, 0.1) is 12.7 Å². The number of rotatable bonds is 5. The van der Waals surface area contributed by atoms with Crippen LogP contribution in [0.15, 0.2) is 41.0 Å². The molecule has 0 aliphatic heterocycles. The van der Waals surface area contributed by atoms with Crippen molar-refractivity contribution in [1.82, 2.24) is 5.32 Å². The summed E-state index contributed by atoms with van der Waals surface area (Å²) >= 11 is 0. The predicted molar refractivity (Wildman–Crippen MR) is 71.8 cm³/mol. The molecule has 1 aromatic heterocycles. The van der Waals surface area contributed by atoms with Gasteiger partial charge in [-0.3, -0.25) is 4.79 Å². The fourth-order valence-electron chi connectivity index (χ4n) is 1.68. The lowest BCUT2D eigenvalue weighted by Gasteiger charge is -2.16. The molecule has 2 aromatic rings. The number of carbonyl (C=O) groups excluding carboxylic acids is 1. The molecule has 1 aromatic carbocycles. The average molecular weight is 277 g/mol. The van der Waals surface area contributed by atoms with Gasteiger partial charge in [-0.2, -0.15) is 0 Å². The largest absolute Gasteiger partial charge is 0.481 e. The van der Waals surface area contributed by atoms with Gasteiger partial charge in [-0.05, 0) is 37.6 Å². The van der Waals surface area contributed by atoms with Crippen molar-refractivity contribution in [2.24, 2.45) is 0 Å². The van der Waals surface area contributed by atoms with E-state index < -0.39 is 11.9 Å². The number of carbonyl (C=O) groups is 1. The Morgan fingerprint density at radius 2 is 2.25 bits per heavy atom. The van der Waals surface area contributed by atoms with Crippen molar-refractivity contribution < 1.29 is 18.3 Å². The number of halogens is 1. The summed E-state index contributed by atoms with van der Waals surface area (Å²) in [6, 6.07) is 7.74. The molecule has 4 nitrogen and oxygen atoms in total. The zero-order valence-corrected chi connectivity index (χ0v) is 11.4. The van der Waals surface area contributed by atoms with Crippen LogP contribution < -0.4 is 10.1 Å². The van der Waals surface area contributed by atoms with Crippen molar-refractivity contribution >= 4 is 5.91 Å². The summed E-state index contributed by atoms with van der Waals surface area (Å²) in [5.74, 6) is 0.344. The Kier molecular flexibility index (Phi) is 4.40. The highest BCUT2D eigenvalue weighted by Crippen LogP contribution is 2.20. The van der Waals surface area contributed by atoms with Crippen LogP contribution in [0.1, 0.15) is 18.2 Å². The van der Waals surface area contributed by atoms with E-state index in [2.05, 4.69) is 5.32 Å². The third kappa shape index (κ3) is 3.60. The van der Waals surface area contributed by atoms with E-state index in [1.54, 1.807) is 32.0 Å². The van der Waals surface area contributed by atoms with Crippen molar-refractivity contribution in [3.8, 4) is 5.75 Å². The molecule has 0 radical (unpaired) electrons. The summed E-state index contributed by atoms with van der Waals surface area (Å²) in [6.07, 6.45) is 0.822. The van der Waals surface area contributed by atoms with Gasteiger partial charge in [0, 0.05) is 6.07 Å². The molecular formula is C15H16FNO3. The number of amides is 1. The minimum Gasteiger partial charge on any atom is -0.481 e. The van der Waals surface area contributed by atoms with E-state index >= 15 is 0 Å². The molecule has 1 N–H and O–H groups in total. The lowest BCUT2D eigenvalue weighted by Crippen LogP contribution is -2.35. The van der Waals surface area contributed by atoms with Gasteiger partial charge < -0.3 is 14.5 Å². The van der Waals surface area contributed by atoms with Gasteiger partial charge in [-0.15, -0.1) is 0 Å². The van der Waals surface area contributed by atoms with Crippen LogP contribution in [-0.4, -0.2) is 12.0 Å². The van der Waals surface area contributed by atoms with E-state index in [1.807, 2.05) is 0 Å². The first-order valence-electron chi connectivity index (χ1n) is 6.29. The minimum absolute atomic E-state index is 0.287. The molecule has 1 heterocycles. The second kappa shape index (κ2) is 6.23. The van der Waals surface area contributed by atoms with Gasteiger partial charge in [0.05, 0.1) is 12.8 Å². The van der Waals surface area contributed by atoms with E-state index in [0.29, 0.717) is 18.1 Å². The maximum atomic E-state index is 13.1. The Morgan fingerprint density at radius 3 is 2.95 bits per heavy atom. The molecule has 5 heteroatoms. The quantitative estimate of drug-likeness (QED) is 0.914. The number of benzene rings is 1. The van der Waals surface area contributed by atoms with Gasteiger partial charge in [0.25, 0.3) is 5.91 Å². The Bertz CT molecular complexity index is 581. The molecule has 0 saturated heterocycles. The maximum Gasteiger partial charge on any atom is 0.261 e. The molecule has 1 amide bonds. The Morgan fingerprint density at radius 1 is 1.45 bits per heavy atom. The predicted octanol–water partition coefficient (Wildman–Crippen LogP) is 2.81. The van der Waals surface area contributed by atoms with Crippen molar-refractivity contribution in [2.75, 3.05) is 0 Å². The molecule has 1 unspecified atom stereocenters. The van der Waals surface area contributed by atoms with Gasteiger partial charge in [0.2, 0.25) is 0 Å². The zero-order chi connectivity index (χ0) is 14.5. The summed E-state index contributed by atoms with van der Waals surface area (Å²) in [6.45, 7) is 3.70. The monoisotopic (exact) mass is 277 g/mol. The van der Waals surface area contributed by atoms with Gasteiger partial charge >= 0.3 is 0 Å². The summed E-state index contributed by atoms with van der Waals surface area (Å²) in [5.41, 5.74) is 0.775. The van der Waals surface area contributed by atoms with Crippen molar-refractivity contribution in [2.45, 2.75) is 26.5 Å². The van der Waals surface area contributed by atoms with E-state index in [9.17, 15) is 9.18 Å². The van der Waals surface area contributed by atoms with E-state index in [4.69, 9.17) is 9.15 Å². The smallest absolute Gasteiger partial charge is 0.261 e. The van der Waals surface area contributed by atoms with Gasteiger partial charge in [-0.25, -0.2) is 4.39 Å². The zero-order valence-electron chi connectivity index (χ0n) is 11.4. The van der Waals surface area contributed by atoms with Crippen molar-refractivity contribution in [1.29, 1.82) is 0 Å². The highest BCUT2D eigenvalue weighted by atomic mass is 19.1. The number of hydrogen-bond donors (Lipinski definition) is 1. The fraction of sp³-hybridized carbons (Fsp3) is 0.267. The number of ether oxygens (including phenoxy) is 1. The lowest BCUT2D eigenvalue weighted by molar-refractivity contribution is -0.127. The summed E-state index contributed by atoms with van der Waals surface area (Å²) < 4.78 is 23.7. The molecule has 106 valence electrons. The van der Waals surface area contributed by atoms with Crippen LogP contribution in [-0.2, 0) is 11.3 Å². The molecule has 20 heavy (non-hydrogen) atoms. The third-order valence-electron chi connectivity index (χ3n) is 2.84. The second-order valence-electron chi connectivity index (χ2n) is 4.47. The molecule has 2 rings (SSSR count). The lowest BCUT2D eigenvalue weighted by atomic mass is 10.2. The molecule has 0 fully saturated rings. The Balaban J connectivity index is 1.92. The number of hydrogen-bond acceptors (Lipinski definition) is 3. The van der Waals surface area contributed by atoms with E-state index in [1.165, 1.54) is 18.4 Å². The molecule has 0 aliphatic carbocycles. The second-order valence-corrected chi connectivity index (χ2v) is 4.47. The van der Waals surface area contributed by atoms with Gasteiger partial charge in [-0.1, -0.05) is 6.07 Å². The number of aryl methyl sites for hydroxylation is 1. The van der Waals surface area contributed by atoms with Crippen LogP contribution in [0.5, 0.6) is 5.75 Å². The van der Waals surface area contributed by atoms with Gasteiger partial charge in [0.15, 0.2) is 6.10 Å². The molecule has 0 aliphatic rings. The maximum absolute atomic E-state index is 13.1. The highest BCUT2D eigenvalue weighted by molar-refractivity contribution is 5.80. The molecule has 0 bridgehead atoms. The Hall–Kier alpha value is -2.30. The highest BCUT2D eigenvalue weighted by Gasteiger charge is 2.16. The van der Waals surface area contributed by atoms with Crippen LogP contribution in [0.25, 0.3) is 0 Å². The van der Waals surface area contributed by atoms with Crippen LogP contribution >= 0.6 is 0 Å². The molecule has 0 saturated carbocycles. The van der Waals surface area contributed by atoms with Crippen LogP contribution in [0.4, 0.5) is 4.39 Å². The average Bonchev–Trinajstić information content (AvgIpc) is 2.93. The van der Waals surface area contributed by atoms with Crippen LogP contribution in [0.2, 0.25) is 0 Å². The first-order chi connectivity index (χ1) is 9.56. The first-order valence-corrected chi connectivity index (χ1v) is 6.29. The molecular weight excluding hydrogens is 261 g/mol. The third-order valence-corrected chi connectivity index (χ3v) is 2.84. The Labute approximate surface area is 116 Å². The molecule has 1 atom stereocenters. The normalized spacial score (nSPS) is 11.9. The topological polar surface area (TPSA) is 51.5 Å². The summed E-state index contributed by atoms with van der Waals surface area (Å²) in [4.78, 5) is 11.9. The van der Waals surface area contributed by atoms with Crippen LogP contribution in [0.3, 0.4) is 0 Å². The van der Waals surface area contributed by atoms with Gasteiger partial charge in [0.1, 0.15) is 17.3 Å². The standard InChI is InChI=1S/C15H16FNO3/c1-10-5-6-12(16)8-14(10)20-11(2)15(18)17-9-13-4-3-7-19-13/h3-8,11H,9H2,1-2H3,(H,17,18). The summed E-state index contributed by atoms with van der Waals surface area (Å²) in [7, 11) is 0. The van der Waals surface area contributed by atoms with E-state index in [0.717, 1.165) is 5.56 Å². The summed E-state index contributed by atoms with van der Waals surface area (Å²) in [5, 5.41) is 2.69. The van der Waals surface area contributed by atoms with Crippen molar-refractivity contribution in [3.05, 3.63) is 53.7 Å². The fourth-order valence-corrected chi connectivity index (χ4v) is 1.68. The SMILES string of the molecule is Cc1ccc(F)cc1OC(C)C(=O)NCc1ccco1. The number of furan rings is 1. The molecule has 0 spiro atoms. The first kappa shape index (κ1) is 14.1. The minimum atomic E-state index is -0.717. The number of nitrogens with one attached hydrogen (secondary N) is 1. The van der Waals surface area contributed by atoms with E-state index in [-0.39, 0.29) is 5.91 Å².